The van der Waals surface area contributed by atoms with Crippen LogP contribution < -0.4 is 0 Å². The second-order valence-electron chi connectivity index (χ2n) is 3.91. The first kappa shape index (κ1) is 11.7. The maximum absolute atomic E-state index is 4.45. The summed E-state index contributed by atoms with van der Waals surface area (Å²) in [5.41, 5.74) is 0. The number of thioether (sulfide) groups is 1. The second kappa shape index (κ2) is 5.51. The van der Waals surface area contributed by atoms with Crippen molar-refractivity contribution in [2.75, 3.05) is 0 Å². The summed E-state index contributed by atoms with van der Waals surface area (Å²) in [6.07, 6.45) is 2.01. The van der Waals surface area contributed by atoms with Gasteiger partial charge in [0.2, 0.25) is 0 Å². The molecule has 1 nitrogen and oxygen atoms in total. The van der Waals surface area contributed by atoms with Crippen molar-refractivity contribution >= 4 is 23.1 Å². The normalized spacial score (nSPS) is 10.9. The van der Waals surface area contributed by atoms with E-state index in [1.165, 1.54) is 14.8 Å². The third-order valence-corrected chi connectivity index (χ3v) is 4.75. The predicted molar refractivity (Wildman–Crippen MR) is 72.2 cm³/mol. The minimum Gasteiger partial charge on any atom is -0.248 e. The van der Waals surface area contributed by atoms with Gasteiger partial charge in [0.25, 0.3) is 0 Å². The molecule has 0 aliphatic carbocycles. The molecule has 0 fully saturated rings. The van der Waals surface area contributed by atoms with E-state index in [1.54, 1.807) is 0 Å². The lowest BCUT2D eigenvalue weighted by molar-refractivity contribution is 0.885. The number of thiazole rings is 1. The Morgan fingerprint density at radius 3 is 2.62 bits per heavy atom. The lowest BCUT2D eigenvalue weighted by Crippen LogP contribution is -1.77. The molecule has 0 spiro atoms. The largest absolute Gasteiger partial charge is 0.248 e. The first-order valence-corrected chi connectivity index (χ1v) is 7.18. The van der Waals surface area contributed by atoms with Gasteiger partial charge in [-0.2, -0.15) is 0 Å². The van der Waals surface area contributed by atoms with E-state index in [0.29, 0.717) is 5.92 Å². The monoisotopic (exact) mass is 249 g/mol. The summed E-state index contributed by atoms with van der Waals surface area (Å²) in [7, 11) is 0. The van der Waals surface area contributed by atoms with Crippen LogP contribution >= 0.6 is 23.1 Å². The fraction of sp³-hybridized carbons (Fsp3) is 0.308. The topological polar surface area (TPSA) is 12.9 Å². The number of nitrogens with zero attached hydrogens (tertiary/aromatic N) is 1. The van der Waals surface area contributed by atoms with E-state index in [-0.39, 0.29) is 0 Å². The van der Waals surface area contributed by atoms with Crippen LogP contribution in [0, 0.1) is 0 Å². The lowest BCUT2D eigenvalue weighted by atomic mass is 10.2. The summed E-state index contributed by atoms with van der Waals surface area (Å²) in [5.74, 6) is 1.56. The van der Waals surface area contributed by atoms with Crippen molar-refractivity contribution in [3.8, 4) is 0 Å². The molecule has 2 rings (SSSR count). The minimum atomic E-state index is 0.591. The molecule has 0 unspecified atom stereocenters. The quantitative estimate of drug-likeness (QED) is 0.737. The molecule has 0 atom stereocenters. The van der Waals surface area contributed by atoms with Crippen LogP contribution in [0.1, 0.15) is 29.7 Å². The van der Waals surface area contributed by atoms with E-state index >= 15 is 0 Å². The average Bonchev–Trinajstić information content (AvgIpc) is 2.76. The molecule has 0 bridgehead atoms. The van der Waals surface area contributed by atoms with Gasteiger partial charge in [-0.15, -0.1) is 23.1 Å². The van der Waals surface area contributed by atoms with E-state index in [2.05, 4.69) is 43.1 Å². The molecule has 0 saturated heterocycles. The number of hydrogen-bond donors (Lipinski definition) is 0. The third kappa shape index (κ3) is 3.09. The average molecular weight is 249 g/mol. The highest BCUT2D eigenvalue weighted by Gasteiger charge is 2.05. The SMILES string of the molecule is CC(C)c1cnc(CSc2ccccc2)s1. The van der Waals surface area contributed by atoms with Crippen LogP contribution in [0.25, 0.3) is 0 Å². The summed E-state index contributed by atoms with van der Waals surface area (Å²) >= 11 is 3.67. The van der Waals surface area contributed by atoms with Gasteiger partial charge in [0, 0.05) is 16.0 Å². The van der Waals surface area contributed by atoms with Gasteiger partial charge in [-0.1, -0.05) is 32.0 Å². The molecule has 0 amide bonds. The Morgan fingerprint density at radius 2 is 2.00 bits per heavy atom. The number of benzene rings is 1. The molecule has 0 aliphatic heterocycles. The van der Waals surface area contributed by atoms with Crippen LogP contribution in [0.3, 0.4) is 0 Å². The van der Waals surface area contributed by atoms with Crippen molar-refractivity contribution in [2.24, 2.45) is 0 Å². The molecule has 1 aromatic heterocycles. The first-order chi connectivity index (χ1) is 7.75. The fourth-order valence-corrected chi connectivity index (χ4v) is 3.17. The first-order valence-electron chi connectivity index (χ1n) is 5.38. The van der Waals surface area contributed by atoms with E-state index in [9.17, 15) is 0 Å². The Kier molecular flexibility index (Phi) is 4.02. The van der Waals surface area contributed by atoms with Gasteiger partial charge >= 0.3 is 0 Å². The smallest absolute Gasteiger partial charge is 0.103 e. The Labute approximate surface area is 105 Å². The lowest BCUT2D eigenvalue weighted by Gasteiger charge is -1.98. The molecule has 2 aromatic rings. The second-order valence-corrected chi connectivity index (χ2v) is 6.11. The summed E-state index contributed by atoms with van der Waals surface area (Å²) < 4.78 is 0. The highest BCUT2D eigenvalue weighted by molar-refractivity contribution is 7.98. The van der Waals surface area contributed by atoms with Gasteiger partial charge < -0.3 is 0 Å². The van der Waals surface area contributed by atoms with Gasteiger partial charge in [0.15, 0.2) is 0 Å². The van der Waals surface area contributed by atoms with Gasteiger partial charge in [0.05, 0.1) is 5.75 Å². The fourth-order valence-electron chi connectivity index (χ4n) is 1.32. The zero-order chi connectivity index (χ0) is 11.4. The van der Waals surface area contributed by atoms with E-state index in [1.807, 2.05) is 35.4 Å². The third-order valence-electron chi connectivity index (χ3n) is 2.25. The summed E-state index contributed by atoms with van der Waals surface area (Å²) in [4.78, 5) is 7.14. The van der Waals surface area contributed by atoms with E-state index in [4.69, 9.17) is 0 Å². The van der Waals surface area contributed by atoms with Crippen LogP contribution in [0.2, 0.25) is 0 Å². The Balaban J connectivity index is 1.95. The van der Waals surface area contributed by atoms with Crippen LogP contribution in [0.4, 0.5) is 0 Å². The van der Waals surface area contributed by atoms with Crippen molar-refractivity contribution < 1.29 is 0 Å². The number of aromatic nitrogens is 1. The zero-order valence-electron chi connectivity index (χ0n) is 9.51. The van der Waals surface area contributed by atoms with Crippen LogP contribution in [0.5, 0.6) is 0 Å². The Hall–Kier alpha value is -0.800. The number of hydrogen-bond acceptors (Lipinski definition) is 3. The molecule has 0 aliphatic rings. The van der Waals surface area contributed by atoms with Crippen LogP contribution in [-0.4, -0.2) is 4.98 Å². The van der Waals surface area contributed by atoms with Crippen LogP contribution in [0.15, 0.2) is 41.4 Å². The number of rotatable bonds is 4. The van der Waals surface area contributed by atoms with Crippen molar-refractivity contribution in [2.45, 2.75) is 30.4 Å². The molecule has 0 radical (unpaired) electrons. The predicted octanol–water partition coefficient (Wildman–Crippen LogP) is 4.56. The molecular formula is C13H15NS2. The summed E-state index contributed by atoms with van der Waals surface area (Å²) in [6, 6.07) is 10.5. The molecule has 0 N–H and O–H groups in total. The molecule has 1 heterocycles. The molecular weight excluding hydrogens is 234 g/mol. The van der Waals surface area contributed by atoms with E-state index in [0.717, 1.165) is 5.75 Å². The van der Waals surface area contributed by atoms with Gasteiger partial charge in [-0.25, -0.2) is 4.98 Å². The van der Waals surface area contributed by atoms with Crippen molar-refractivity contribution in [1.29, 1.82) is 0 Å². The van der Waals surface area contributed by atoms with Gasteiger partial charge in [-0.3, -0.25) is 0 Å². The van der Waals surface area contributed by atoms with Crippen molar-refractivity contribution in [1.82, 2.24) is 4.98 Å². The highest BCUT2D eigenvalue weighted by atomic mass is 32.2. The standard InChI is InChI=1S/C13H15NS2/c1-10(2)12-8-14-13(16-12)9-15-11-6-4-3-5-7-11/h3-8,10H,9H2,1-2H3. The van der Waals surface area contributed by atoms with E-state index < -0.39 is 0 Å². The summed E-state index contributed by atoms with van der Waals surface area (Å²) in [6.45, 7) is 4.42. The molecule has 1 aromatic carbocycles. The highest BCUT2D eigenvalue weighted by Crippen LogP contribution is 2.27. The zero-order valence-corrected chi connectivity index (χ0v) is 11.1. The maximum atomic E-state index is 4.45. The summed E-state index contributed by atoms with van der Waals surface area (Å²) in [5, 5.41) is 1.22. The Morgan fingerprint density at radius 1 is 1.25 bits per heavy atom. The molecule has 3 heteroatoms. The Bertz CT molecular complexity index is 434. The van der Waals surface area contributed by atoms with Crippen LogP contribution in [-0.2, 0) is 5.75 Å². The minimum absolute atomic E-state index is 0.591. The maximum Gasteiger partial charge on any atom is 0.103 e. The molecule has 16 heavy (non-hydrogen) atoms. The molecule has 0 saturated carbocycles. The van der Waals surface area contributed by atoms with Crippen molar-refractivity contribution in [3.63, 3.8) is 0 Å². The van der Waals surface area contributed by atoms with Gasteiger partial charge in [-0.05, 0) is 18.1 Å². The van der Waals surface area contributed by atoms with Crippen molar-refractivity contribution in [3.05, 3.63) is 46.4 Å². The molecule has 84 valence electrons. The van der Waals surface area contributed by atoms with Gasteiger partial charge in [0.1, 0.15) is 5.01 Å².